The first-order valence-corrected chi connectivity index (χ1v) is 14.7. The topological polar surface area (TPSA) is 66.9 Å². The first kappa shape index (κ1) is 29.8. The average molecular weight is 575 g/mol. The summed E-state index contributed by atoms with van der Waals surface area (Å²) in [5.41, 5.74) is 1.24. The van der Waals surface area contributed by atoms with Crippen molar-refractivity contribution in [3.05, 3.63) is 90.0 Å². The fourth-order valence-corrected chi connectivity index (χ4v) is 6.55. The van der Waals surface area contributed by atoms with E-state index in [1.54, 1.807) is 12.1 Å². The molecule has 0 spiro atoms. The highest BCUT2D eigenvalue weighted by Gasteiger charge is 2.48. The molecule has 3 aromatic rings. The summed E-state index contributed by atoms with van der Waals surface area (Å²) in [6.45, 7) is 6.13. The summed E-state index contributed by atoms with van der Waals surface area (Å²) in [6, 6.07) is 18.9. The van der Waals surface area contributed by atoms with Gasteiger partial charge in [-0.25, -0.2) is 13.5 Å². The molecule has 1 amide bonds. The fraction of sp³-hybridized carbons (Fsp3) is 0.367. The Balaban J connectivity index is 1.57. The van der Waals surface area contributed by atoms with Gasteiger partial charge >= 0.3 is 6.18 Å². The number of hydrogen-bond acceptors (Lipinski definition) is 4. The quantitative estimate of drug-likeness (QED) is 0.276. The predicted molar refractivity (Wildman–Crippen MR) is 146 cm³/mol. The van der Waals surface area contributed by atoms with Crippen LogP contribution < -0.4 is 0 Å². The summed E-state index contributed by atoms with van der Waals surface area (Å²) in [7, 11) is -4.06. The van der Waals surface area contributed by atoms with Gasteiger partial charge in [0.1, 0.15) is 12.6 Å². The van der Waals surface area contributed by atoms with Crippen LogP contribution in [0.5, 0.6) is 0 Å². The van der Waals surface area contributed by atoms with Crippen LogP contribution in [-0.4, -0.2) is 42.3 Å². The van der Waals surface area contributed by atoms with Gasteiger partial charge in [0.25, 0.3) is 5.91 Å². The highest BCUT2D eigenvalue weighted by Crippen LogP contribution is 2.34. The molecular weight excluding hydrogens is 541 g/mol. The number of nitrogens with zero attached hydrogens (tertiary/aromatic N) is 2. The van der Waals surface area contributed by atoms with Crippen LogP contribution >= 0.6 is 0 Å². The summed E-state index contributed by atoms with van der Waals surface area (Å²) in [5.74, 6) is -0.355. The summed E-state index contributed by atoms with van der Waals surface area (Å²) in [6.07, 6.45) is -3.63. The monoisotopic (exact) mass is 574 g/mol. The summed E-state index contributed by atoms with van der Waals surface area (Å²) >= 11 is 0. The molecule has 2 atom stereocenters. The molecule has 1 aliphatic rings. The van der Waals surface area contributed by atoms with Gasteiger partial charge in [0.15, 0.2) is 0 Å². The predicted octanol–water partition coefficient (Wildman–Crippen LogP) is 6.53. The second-order valence-electron chi connectivity index (χ2n) is 10.2. The van der Waals surface area contributed by atoms with Gasteiger partial charge in [-0.15, -0.1) is 0 Å². The average Bonchev–Trinajstić information content (AvgIpc) is 3.26. The third-order valence-electron chi connectivity index (χ3n) is 7.05. The molecule has 1 heterocycles. The minimum atomic E-state index is -4.44. The van der Waals surface area contributed by atoms with Crippen molar-refractivity contribution >= 4 is 15.9 Å². The molecule has 0 N–H and O–H groups in total. The van der Waals surface area contributed by atoms with Crippen LogP contribution in [0.25, 0.3) is 11.1 Å². The summed E-state index contributed by atoms with van der Waals surface area (Å²) < 4.78 is 67.6. The van der Waals surface area contributed by atoms with E-state index >= 15 is 0 Å². The van der Waals surface area contributed by atoms with Crippen molar-refractivity contribution in [3.8, 4) is 11.1 Å². The zero-order valence-corrected chi connectivity index (χ0v) is 23.5. The minimum Gasteiger partial charge on any atom is -0.271 e. The molecule has 3 aromatic carbocycles. The summed E-state index contributed by atoms with van der Waals surface area (Å²) in [5, 5.41) is 1.34. The molecule has 0 unspecified atom stereocenters. The molecule has 6 nitrogen and oxygen atoms in total. The lowest BCUT2D eigenvalue weighted by molar-refractivity contribution is -0.200. The molecule has 0 bridgehead atoms. The van der Waals surface area contributed by atoms with E-state index in [4.69, 9.17) is 4.84 Å². The number of halogens is 3. The van der Waals surface area contributed by atoms with Crippen LogP contribution in [0.3, 0.4) is 0 Å². The second kappa shape index (κ2) is 12.1. The normalized spacial score (nSPS) is 18.2. The molecule has 4 rings (SSSR count). The summed E-state index contributed by atoms with van der Waals surface area (Å²) in [4.78, 5) is 19.5. The third-order valence-corrected chi connectivity index (χ3v) is 8.97. The number of amides is 1. The van der Waals surface area contributed by atoms with Crippen molar-refractivity contribution in [3.63, 3.8) is 0 Å². The zero-order valence-electron chi connectivity index (χ0n) is 22.6. The number of benzene rings is 3. The maximum atomic E-state index is 13.8. The minimum absolute atomic E-state index is 0.00848. The number of carbonyl (C=O) groups is 1. The molecular formula is C30H33F3N2O4S. The van der Waals surface area contributed by atoms with Crippen molar-refractivity contribution < 1.29 is 31.2 Å². The van der Waals surface area contributed by atoms with Crippen LogP contribution in [0.1, 0.15) is 44.7 Å². The largest absolute Gasteiger partial charge is 0.416 e. The van der Waals surface area contributed by atoms with Crippen LogP contribution in [0, 0.1) is 5.92 Å². The number of sulfonamides is 1. The van der Waals surface area contributed by atoms with E-state index < -0.39 is 33.7 Å². The van der Waals surface area contributed by atoms with Gasteiger partial charge in [0.05, 0.1) is 16.5 Å². The van der Waals surface area contributed by atoms with Gasteiger partial charge in [0.2, 0.25) is 10.0 Å². The van der Waals surface area contributed by atoms with Crippen LogP contribution in [0.15, 0.2) is 83.8 Å². The second-order valence-corrected chi connectivity index (χ2v) is 12.1. The highest BCUT2D eigenvalue weighted by atomic mass is 32.2. The first-order valence-electron chi connectivity index (χ1n) is 13.2. The standard InChI is InChI=1S/C30H33F3N2O4S/c1-4-18-34(28-19-27(21(2)3)35(29(28)36)39-20-22-8-6-5-7-9-22)40(37,38)26-16-12-24(13-17-26)23-10-14-25(15-11-23)30(31,32)33/h5-17,21,27-28H,4,18-20H2,1-3H3/t27-,28-/m1/s1. The van der Waals surface area contributed by atoms with Gasteiger partial charge in [-0.05, 0) is 59.7 Å². The maximum Gasteiger partial charge on any atom is 0.416 e. The Hall–Kier alpha value is -3.21. The van der Waals surface area contributed by atoms with E-state index in [1.165, 1.54) is 33.6 Å². The maximum absolute atomic E-state index is 13.8. The van der Waals surface area contributed by atoms with Gasteiger partial charge in [-0.2, -0.15) is 17.5 Å². The number of hydrogen-bond donors (Lipinski definition) is 0. The van der Waals surface area contributed by atoms with E-state index in [0.717, 1.165) is 17.7 Å². The Morgan fingerprint density at radius 2 is 1.52 bits per heavy atom. The molecule has 10 heteroatoms. The van der Waals surface area contributed by atoms with Crippen molar-refractivity contribution in [1.29, 1.82) is 0 Å². The van der Waals surface area contributed by atoms with E-state index in [1.807, 2.05) is 51.1 Å². The molecule has 214 valence electrons. The molecule has 0 aromatic heterocycles. The number of carbonyl (C=O) groups excluding carboxylic acids is 1. The Bertz CT molecular complexity index is 1390. The van der Waals surface area contributed by atoms with E-state index in [0.29, 0.717) is 24.0 Å². The molecule has 0 aliphatic carbocycles. The molecule has 40 heavy (non-hydrogen) atoms. The lowest BCUT2D eigenvalue weighted by Crippen LogP contribution is -2.45. The zero-order chi connectivity index (χ0) is 29.1. The molecule has 1 fully saturated rings. The van der Waals surface area contributed by atoms with Gasteiger partial charge in [0, 0.05) is 6.54 Å². The lowest BCUT2D eigenvalue weighted by Gasteiger charge is -2.27. The van der Waals surface area contributed by atoms with Gasteiger partial charge in [-0.3, -0.25) is 9.63 Å². The highest BCUT2D eigenvalue weighted by molar-refractivity contribution is 7.89. The van der Waals surface area contributed by atoms with Crippen molar-refractivity contribution in [2.75, 3.05) is 6.54 Å². The van der Waals surface area contributed by atoms with Crippen molar-refractivity contribution in [1.82, 2.24) is 9.37 Å². The van der Waals surface area contributed by atoms with Crippen LogP contribution in [0.4, 0.5) is 13.2 Å². The fourth-order valence-electron chi connectivity index (χ4n) is 4.87. The number of hydroxylamine groups is 2. The van der Waals surface area contributed by atoms with E-state index in [-0.39, 0.29) is 30.0 Å². The Morgan fingerprint density at radius 1 is 0.950 bits per heavy atom. The Morgan fingerprint density at radius 3 is 2.05 bits per heavy atom. The molecule has 0 radical (unpaired) electrons. The lowest BCUT2D eigenvalue weighted by atomic mass is 10.0. The molecule has 1 saturated heterocycles. The SMILES string of the molecule is CCCN([C@@H]1C[C@H](C(C)C)N(OCc2ccccc2)C1=O)S(=O)(=O)c1ccc(-c2ccc(C(F)(F)F)cc2)cc1. The van der Waals surface area contributed by atoms with Gasteiger partial charge < -0.3 is 0 Å². The van der Waals surface area contributed by atoms with E-state index in [2.05, 4.69) is 0 Å². The Labute approximate surface area is 233 Å². The number of rotatable bonds is 10. The van der Waals surface area contributed by atoms with Crippen LogP contribution in [0.2, 0.25) is 0 Å². The van der Waals surface area contributed by atoms with Crippen LogP contribution in [-0.2, 0) is 32.4 Å². The smallest absolute Gasteiger partial charge is 0.271 e. The number of alkyl halides is 3. The molecule has 1 aliphatic heterocycles. The molecule has 0 saturated carbocycles. The first-order chi connectivity index (χ1) is 18.9. The third kappa shape index (κ3) is 6.40. The Kier molecular flexibility index (Phi) is 9.02. The van der Waals surface area contributed by atoms with Crippen molar-refractivity contribution in [2.45, 2.75) is 63.4 Å². The van der Waals surface area contributed by atoms with Gasteiger partial charge in [-0.1, -0.05) is 75.4 Å². The van der Waals surface area contributed by atoms with E-state index in [9.17, 15) is 26.4 Å². The van der Waals surface area contributed by atoms with Crippen molar-refractivity contribution in [2.24, 2.45) is 5.92 Å².